The molecule has 10 rings (SSSR count). The van der Waals surface area contributed by atoms with Gasteiger partial charge in [0.2, 0.25) is 0 Å². The first kappa shape index (κ1) is 28.4. The molecular weight excluding hydrogens is 605 g/mol. The van der Waals surface area contributed by atoms with Crippen molar-refractivity contribution in [1.29, 1.82) is 0 Å². The van der Waals surface area contributed by atoms with Crippen molar-refractivity contribution in [2.45, 2.75) is 0 Å². The van der Waals surface area contributed by atoms with Crippen molar-refractivity contribution in [2.24, 2.45) is 0 Å². The van der Waals surface area contributed by atoms with Gasteiger partial charge in [-0.05, 0) is 76.3 Å². The van der Waals surface area contributed by atoms with Gasteiger partial charge >= 0.3 is 0 Å². The summed E-state index contributed by atoms with van der Waals surface area (Å²) >= 11 is 0. The molecule has 0 saturated heterocycles. The molecule has 2 heterocycles. The highest BCUT2D eigenvalue weighted by atomic mass is 15.0. The van der Waals surface area contributed by atoms with Crippen molar-refractivity contribution >= 4 is 43.6 Å². The van der Waals surface area contributed by atoms with Crippen LogP contribution < -0.4 is 0 Å². The molecule has 8 aromatic carbocycles. The highest BCUT2D eigenvalue weighted by Gasteiger charge is 2.19. The Bertz CT molecular complexity index is 2740. The van der Waals surface area contributed by atoms with E-state index in [4.69, 9.17) is 0 Å². The van der Waals surface area contributed by atoms with E-state index in [2.05, 4.69) is 203 Å². The summed E-state index contributed by atoms with van der Waals surface area (Å²) < 4.78 is 4.86. The number of aromatic nitrogens is 2. The summed E-state index contributed by atoms with van der Waals surface area (Å²) in [7, 11) is 0. The number of hydrogen-bond acceptors (Lipinski definition) is 0. The second-order valence-corrected chi connectivity index (χ2v) is 13.0. The Morgan fingerprint density at radius 1 is 0.260 bits per heavy atom. The number of benzene rings is 8. The molecule has 0 aliphatic rings. The third-order valence-electron chi connectivity index (χ3n) is 10.1. The Balaban J connectivity index is 1.24. The van der Waals surface area contributed by atoms with Gasteiger partial charge in [-0.15, -0.1) is 0 Å². The van der Waals surface area contributed by atoms with Crippen LogP contribution >= 0.6 is 0 Å². The van der Waals surface area contributed by atoms with Crippen LogP contribution in [0, 0.1) is 0 Å². The molecule has 2 aromatic heterocycles. The summed E-state index contributed by atoms with van der Waals surface area (Å²) in [5.74, 6) is 0. The molecule has 0 aliphatic heterocycles. The second kappa shape index (κ2) is 11.5. The summed E-state index contributed by atoms with van der Waals surface area (Å²) in [6, 6.07) is 70.5. The lowest BCUT2D eigenvalue weighted by Gasteiger charge is -2.15. The van der Waals surface area contributed by atoms with Crippen molar-refractivity contribution in [3.63, 3.8) is 0 Å². The van der Waals surface area contributed by atoms with Gasteiger partial charge in [-0.3, -0.25) is 0 Å². The fraction of sp³-hybridized carbons (Fsp3) is 0. The number of nitrogens with zero attached hydrogens (tertiary/aromatic N) is 2. The van der Waals surface area contributed by atoms with Crippen LogP contribution in [0.3, 0.4) is 0 Å². The average Bonchev–Trinajstić information content (AvgIpc) is 3.70. The highest BCUT2D eigenvalue weighted by molar-refractivity contribution is 6.13. The van der Waals surface area contributed by atoms with E-state index < -0.39 is 0 Å². The zero-order valence-corrected chi connectivity index (χ0v) is 27.4. The van der Waals surface area contributed by atoms with E-state index in [1.54, 1.807) is 0 Å². The molecule has 0 unspecified atom stereocenters. The van der Waals surface area contributed by atoms with Crippen LogP contribution in [0.4, 0.5) is 0 Å². The maximum absolute atomic E-state index is 2.48. The molecule has 50 heavy (non-hydrogen) atoms. The maximum Gasteiger partial charge on any atom is 0.0547 e. The molecular formula is C48H32N2. The molecule has 0 radical (unpaired) electrons. The van der Waals surface area contributed by atoms with Crippen LogP contribution in [-0.2, 0) is 0 Å². The molecule has 0 atom stereocenters. The summed E-state index contributed by atoms with van der Waals surface area (Å²) in [5, 5.41) is 4.99. The third kappa shape index (κ3) is 4.50. The topological polar surface area (TPSA) is 9.86 Å². The lowest BCUT2D eigenvalue weighted by Crippen LogP contribution is -1.98. The largest absolute Gasteiger partial charge is 0.309 e. The van der Waals surface area contributed by atoms with Crippen LogP contribution in [-0.4, -0.2) is 9.13 Å². The lowest BCUT2D eigenvalue weighted by atomic mass is 10.0. The average molecular weight is 637 g/mol. The van der Waals surface area contributed by atoms with Gasteiger partial charge in [-0.2, -0.15) is 0 Å². The van der Waals surface area contributed by atoms with Gasteiger partial charge in [0.1, 0.15) is 0 Å². The SMILES string of the molecule is c1ccc(-c2ccc3c4ccc(-c5ccccc5)cc4n(-c4ccccc4-c4ccc5c(c4)c4ccccc4n5-c4ccccc4)c3c2)cc1. The first-order chi connectivity index (χ1) is 24.8. The van der Waals surface area contributed by atoms with Crippen molar-refractivity contribution in [2.75, 3.05) is 0 Å². The molecule has 0 saturated carbocycles. The number of rotatable bonds is 5. The van der Waals surface area contributed by atoms with Gasteiger partial charge in [0, 0.05) is 32.8 Å². The standard InChI is InChI=1S/C48H32N2/c1-4-14-33(15-5-1)35-24-27-41-42-28-25-36(34-16-6-2-7-17-34)32-48(42)50(47(41)31-35)44-22-12-10-20-39(44)37-26-29-46-43(30-37)40-21-11-13-23-45(40)49(46)38-18-8-3-9-19-38/h1-32H. The molecule has 0 fully saturated rings. The minimum absolute atomic E-state index is 1.16. The van der Waals surface area contributed by atoms with E-state index in [1.807, 2.05) is 0 Å². The van der Waals surface area contributed by atoms with Crippen molar-refractivity contribution in [1.82, 2.24) is 9.13 Å². The summed E-state index contributed by atoms with van der Waals surface area (Å²) in [5.41, 5.74) is 14.4. The van der Waals surface area contributed by atoms with Gasteiger partial charge in [-0.25, -0.2) is 0 Å². The number of fused-ring (bicyclic) bond motifs is 6. The first-order valence-corrected chi connectivity index (χ1v) is 17.2. The van der Waals surface area contributed by atoms with Crippen LogP contribution in [0.25, 0.3) is 88.4 Å². The molecule has 0 bridgehead atoms. The van der Waals surface area contributed by atoms with E-state index in [1.165, 1.54) is 82.7 Å². The Morgan fingerprint density at radius 2 is 0.760 bits per heavy atom. The monoisotopic (exact) mass is 636 g/mol. The first-order valence-electron chi connectivity index (χ1n) is 17.2. The number of hydrogen-bond donors (Lipinski definition) is 0. The summed E-state index contributed by atoms with van der Waals surface area (Å²) in [4.78, 5) is 0. The fourth-order valence-electron chi connectivity index (χ4n) is 7.81. The number of para-hydroxylation sites is 3. The Labute approximate surface area is 290 Å². The zero-order chi connectivity index (χ0) is 33.0. The second-order valence-electron chi connectivity index (χ2n) is 13.0. The van der Waals surface area contributed by atoms with E-state index in [0.717, 1.165) is 5.69 Å². The highest BCUT2D eigenvalue weighted by Crippen LogP contribution is 2.41. The maximum atomic E-state index is 2.48. The van der Waals surface area contributed by atoms with Gasteiger partial charge in [0.15, 0.2) is 0 Å². The Morgan fingerprint density at radius 3 is 1.42 bits per heavy atom. The van der Waals surface area contributed by atoms with Gasteiger partial charge in [-0.1, -0.05) is 146 Å². The van der Waals surface area contributed by atoms with Gasteiger partial charge in [0.05, 0.1) is 27.8 Å². The van der Waals surface area contributed by atoms with Gasteiger partial charge < -0.3 is 9.13 Å². The molecule has 0 spiro atoms. The van der Waals surface area contributed by atoms with E-state index >= 15 is 0 Å². The smallest absolute Gasteiger partial charge is 0.0547 e. The lowest BCUT2D eigenvalue weighted by molar-refractivity contribution is 1.18. The molecule has 2 heteroatoms. The van der Waals surface area contributed by atoms with E-state index in [-0.39, 0.29) is 0 Å². The van der Waals surface area contributed by atoms with Crippen molar-refractivity contribution in [3.8, 4) is 44.8 Å². The molecule has 2 nitrogen and oxygen atoms in total. The molecule has 0 aliphatic carbocycles. The Hall–Kier alpha value is -6.64. The minimum atomic E-state index is 1.16. The quantitative estimate of drug-likeness (QED) is 0.178. The van der Waals surface area contributed by atoms with E-state index in [9.17, 15) is 0 Å². The normalized spacial score (nSPS) is 11.6. The zero-order valence-electron chi connectivity index (χ0n) is 27.4. The minimum Gasteiger partial charge on any atom is -0.309 e. The van der Waals surface area contributed by atoms with Crippen LogP contribution in [0.5, 0.6) is 0 Å². The predicted octanol–water partition coefficient (Wildman–Crippen LogP) is 12.9. The van der Waals surface area contributed by atoms with Crippen LogP contribution in [0.1, 0.15) is 0 Å². The molecule has 0 N–H and O–H groups in total. The Kier molecular flexibility index (Phi) is 6.53. The molecule has 234 valence electrons. The van der Waals surface area contributed by atoms with Crippen molar-refractivity contribution in [3.05, 3.63) is 194 Å². The van der Waals surface area contributed by atoms with E-state index in [0.29, 0.717) is 0 Å². The van der Waals surface area contributed by atoms with Crippen molar-refractivity contribution < 1.29 is 0 Å². The van der Waals surface area contributed by atoms with Crippen LogP contribution in [0.2, 0.25) is 0 Å². The van der Waals surface area contributed by atoms with Crippen LogP contribution in [0.15, 0.2) is 194 Å². The molecule has 0 amide bonds. The predicted molar refractivity (Wildman–Crippen MR) is 211 cm³/mol. The summed E-state index contributed by atoms with van der Waals surface area (Å²) in [6.07, 6.45) is 0. The molecule has 10 aromatic rings. The third-order valence-corrected chi connectivity index (χ3v) is 10.1. The van der Waals surface area contributed by atoms with Gasteiger partial charge in [0.25, 0.3) is 0 Å². The summed E-state index contributed by atoms with van der Waals surface area (Å²) in [6.45, 7) is 0. The fourth-order valence-corrected chi connectivity index (χ4v) is 7.81.